The molecule has 2 fully saturated rings. The predicted molar refractivity (Wildman–Crippen MR) is 108 cm³/mol. The number of aliphatic hydroxyl groups excluding tert-OH is 1. The fourth-order valence-electron chi connectivity index (χ4n) is 4.32. The number of carbonyl (C=O) groups is 2. The summed E-state index contributed by atoms with van der Waals surface area (Å²) < 4.78 is 0. The molecule has 2 N–H and O–H groups in total. The fourth-order valence-corrected chi connectivity index (χ4v) is 4.32. The smallest absolute Gasteiger partial charge is 0.312 e. The zero-order valence-electron chi connectivity index (χ0n) is 16.8. The second kappa shape index (κ2) is 8.49. The molecule has 0 bridgehead atoms. The zero-order chi connectivity index (χ0) is 20.3. The number of nitrogens with zero attached hydrogens (tertiary/aromatic N) is 3. The van der Waals surface area contributed by atoms with Crippen molar-refractivity contribution < 1.29 is 19.8 Å². The van der Waals surface area contributed by atoms with Crippen LogP contribution in [0.4, 0.5) is 5.69 Å². The fraction of sp³-hybridized carbons (Fsp3) is 0.619. The molecule has 0 aromatic heterocycles. The Morgan fingerprint density at radius 2 is 1.75 bits per heavy atom. The van der Waals surface area contributed by atoms with E-state index in [1.165, 1.54) is 0 Å². The summed E-state index contributed by atoms with van der Waals surface area (Å²) in [7, 11) is 2.12. The maximum atomic E-state index is 12.9. The van der Waals surface area contributed by atoms with Crippen LogP contribution < -0.4 is 4.90 Å². The second-order valence-corrected chi connectivity index (χ2v) is 8.07. The van der Waals surface area contributed by atoms with Gasteiger partial charge in [-0.05, 0) is 44.2 Å². The van der Waals surface area contributed by atoms with E-state index in [9.17, 15) is 19.8 Å². The van der Waals surface area contributed by atoms with Crippen molar-refractivity contribution in [3.63, 3.8) is 0 Å². The van der Waals surface area contributed by atoms with Gasteiger partial charge < -0.3 is 24.9 Å². The van der Waals surface area contributed by atoms with Crippen LogP contribution in [0.15, 0.2) is 24.3 Å². The SMILES string of the molecule is CCC[C@]1(C(=O)O)CCN(C(=O)c2ccc(N3CCN(C)CC3)cc2)C[C@@H]1O. The summed E-state index contributed by atoms with van der Waals surface area (Å²) in [4.78, 5) is 30.8. The minimum Gasteiger partial charge on any atom is -0.481 e. The lowest BCUT2D eigenvalue weighted by molar-refractivity contribution is -0.162. The van der Waals surface area contributed by atoms with Gasteiger partial charge in [-0.15, -0.1) is 0 Å². The highest BCUT2D eigenvalue weighted by molar-refractivity contribution is 5.95. The van der Waals surface area contributed by atoms with Crippen molar-refractivity contribution in [2.75, 3.05) is 51.2 Å². The number of β-amino-alcohol motifs (C(OH)–C–C–N with tert-alkyl or cyclic N) is 1. The Labute approximate surface area is 166 Å². The van der Waals surface area contributed by atoms with Crippen LogP contribution in [-0.4, -0.2) is 84.3 Å². The van der Waals surface area contributed by atoms with Gasteiger partial charge in [0.15, 0.2) is 0 Å². The first-order valence-corrected chi connectivity index (χ1v) is 10.1. The quantitative estimate of drug-likeness (QED) is 0.794. The molecule has 0 spiro atoms. The van der Waals surface area contributed by atoms with Gasteiger partial charge in [0.1, 0.15) is 0 Å². The Kier molecular flexibility index (Phi) is 6.25. The molecule has 1 amide bonds. The maximum absolute atomic E-state index is 12.9. The van der Waals surface area contributed by atoms with Crippen LogP contribution in [0.1, 0.15) is 36.5 Å². The van der Waals surface area contributed by atoms with E-state index >= 15 is 0 Å². The van der Waals surface area contributed by atoms with Crippen LogP contribution in [0.5, 0.6) is 0 Å². The zero-order valence-corrected chi connectivity index (χ0v) is 16.8. The summed E-state index contributed by atoms with van der Waals surface area (Å²) in [5.74, 6) is -1.12. The first kappa shape index (κ1) is 20.6. The number of piperidine rings is 1. The highest BCUT2D eigenvalue weighted by Crippen LogP contribution is 2.37. The van der Waals surface area contributed by atoms with Crippen LogP contribution >= 0.6 is 0 Å². The number of piperazine rings is 1. The molecule has 2 heterocycles. The molecule has 154 valence electrons. The number of likely N-dealkylation sites (N-methyl/N-ethyl adjacent to an activating group) is 1. The lowest BCUT2D eigenvalue weighted by atomic mass is 9.72. The standard InChI is InChI=1S/C21H31N3O4/c1-3-8-21(20(27)28)9-10-24(15-18(21)25)19(26)16-4-6-17(7-5-16)23-13-11-22(2)12-14-23/h4-7,18,25H,3,8-15H2,1-2H3,(H,27,28)/t18-,21-/m0/s1. The number of likely N-dealkylation sites (tertiary alicyclic amines) is 1. The average molecular weight is 389 g/mol. The summed E-state index contributed by atoms with van der Waals surface area (Å²) >= 11 is 0. The molecule has 1 aromatic rings. The van der Waals surface area contributed by atoms with Crippen molar-refractivity contribution >= 4 is 17.6 Å². The van der Waals surface area contributed by atoms with Gasteiger partial charge in [-0.2, -0.15) is 0 Å². The number of carbonyl (C=O) groups excluding carboxylic acids is 1. The number of anilines is 1. The van der Waals surface area contributed by atoms with Crippen LogP contribution in [-0.2, 0) is 4.79 Å². The summed E-state index contributed by atoms with van der Waals surface area (Å²) in [6.07, 6.45) is 0.339. The lowest BCUT2D eigenvalue weighted by Crippen LogP contribution is -2.56. The lowest BCUT2D eigenvalue weighted by Gasteiger charge is -2.42. The van der Waals surface area contributed by atoms with E-state index in [1.54, 1.807) is 4.90 Å². The van der Waals surface area contributed by atoms with E-state index in [-0.39, 0.29) is 18.9 Å². The van der Waals surface area contributed by atoms with Gasteiger partial charge in [0, 0.05) is 50.5 Å². The molecule has 0 unspecified atom stereocenters. The molecule has 7 nitrogen and oxygen atoms in total. The molecule has 2 atom stereocenters. The molecule has 3 rings (SSSR count). The average Bonchev–Trinajstić information content (AvgIpc) is 2.69. The molecule has 0 saturated carbocycles. The Hall–Kier alpha value is -2.12. The summed E-state index contributed by atoms with van der Waals surface area (Å²) in [6, 6.07) is 7.59. The van der Waals surface area contributed by atoms with E-state index in [1.807, 2.05) is 31.2 Å². The van der Waals surface area contributed by atoms with Crippen LogP contribution in [0.25, 0.3) is 0 Å². The van der Waals surface area contributed by atoms with Gasteiger partial charge in [-0.1, -0.05) is 13.3 Å². The Morgan fingerprint density at radius 1 is 1.11 bits per heavy atom. The van der Waals surface area contributed by atoms with Crippen molar-refractivity contribution in [2.45, 2.75) is 32.3 Å². The summed E-state index contributed by atoms with van der Waals surface area (Å²) in [6.45, 7) is 6.31. The predicted octanol–water partition coefficient (Wildman–Crippen LogP) is 1.52. The van der Waals surface area contributed by atoms with E-state index in [0.29, 0.717) is 24.9 Å². The highest BCUT2D eigenvalue weighted by Gasteiger charge is 2.48. The molecule has 28 heavy (non-hydrogen) atoms. The summed E-state index contributed by atoms with van der Waals surface area (Å²) in [5.41, 5.74) is 0.538. The number of carboxylic acid groups (broad SMARTS) is 1. The molecule has 2 aliphatic rings. The second-order valence-electron chi connectivity index (χ2n) is 8.07. The highest BCUT2D eigenvalue weighted by atomic mass is 16.4. The number of hydrogen-bond donors (Lipinski definition) is 2. The van der Waals surface area contributed by atoms with Gasteiger partial charge in [-0.25, -0.2) is 0 Å². The third-order valence-electron chi connectivity index (χ3n) is 6.25. The minimum atomic E-state index is -1.14. The number of amides is 1. The molecule has 0 radical (unpaired) electrons. The van der Waals surface area contributed by atoms with Gasteiger partial charge in [0.25, 0.3) is 5.91 Å². The number of hydrogen-bond acceptors (Lipinski definition) is 5. The monoisotopic (exact) mass is 389 g/mol. The first-order valence-electron chi connectivity index (χ1n) is 10.1. The van der Waals surface area contributed by atoms with Crippen LogP contribution in [0, 0.1) is 5.41 Å². The van der Waals surface area contributed by atoms with Crippen molar-refractivity contribution in [3.8, 4) is 0 Å². The number of aliphatic carboxylic acids is 1. The maximum Gasteiger partial charge on any atom is 0.312 e. The van der Waals surface area contributed by atoms with Gasteiger partial charge >= 0.3 is 5.97 Å². The van der Waals surface area contributed by atoms with Gasteiger partial charge in [0.2, 0.25) is 0 Å². The Balaban J connectivity index is 1.65. The first-order chi connectivity index (χ1) is 13.4. The van der Waals surface area contributed by atoms with E-state index in [2.05, 4.69) is 16.8 Å². The number of carboxylic acids is 1. The molecule has 0 aliphatic carbocycles. The molecule has 2 aliphatic heterocycles. The molecule has 1 aromatic carbocycles. The van der Waals surface area contributed by atoms with Gasteiger partial charge in [0.05, 0.1) is 11.5 Å². The number of rotatable bonds is 5. The minimum absolute atomic E-state index is 0.0609. The van der Waals surface area contributed by atoms with Crippen LogP contribution in [0.2, 0.25) is 0 Å². The number of benzene rings is 1. The third-order valence-corrected chi connectivity index (χ3v) is 6.25. The molecule has 7 heteroatoms. The van der Waals surface area contributed by atoms with Crippen molar-refractivity contribution in [2.24, 2.45) is 5.41 Å². The Morgan fingerprint density at radius 3 is 2.29 bits per heavy atom. The number of aliphatic hydroxyl groups is 1. The topological polar surface area (TPSA) is 84.3 Å². The van der Waals surface area contributed by atoms with Crippen LogP contribution in [0.3, 0.4) is 0 Å². The van der Waals surface area contributed by atoms with E-state index in [0.717, 1.165) is 31.9 Å². The normalized spacial score (nSPS) is 26.3. The summed E-state index contributed by atoms with van der Waals surface area (Å²) in [5, 5.41) is 20.2. The van der Waals surface area contributed by atoms with Crippen molar-refractivity contribution in [1.29, 1.82) is 0 Å². The third kappa shape index (κ3) is 4.00. The van der Waals surface area contributed by atoms with E-state index < -0.39 is 17.5 Å². The van der Waals surface area contributed by atoms with Gasteiger partial charge in [-0.3, -0.25) is 9.59 Å². The molecular weight excluding hydrogens is 358 g/mol. The van der Waals surface area contributed by atoms with Crippen molar-refractivity contribution in [1.82, 2.24) is 9.80 Å². The molecular formula is C21H31N3O4. The van der Waals surface area contributed by atoms with E-state index in [4.69, 9.17) is 0 Å². The largest absolute Gasteiger partial charge is 0.481 e. The Bertz CT molecular complexity index is 700. The molecule has 2 saturated heterocycles. The van der Waals surface area contributed by atoms with Crippen molar-refractivity contribution in [3.05, 3.63) is 29.8 Å².